The van der Waals surface area contributed by atoms with Crippen LogP contribution < -0.4 is 10.0 Å². The Labute approximate surface area is 122 Å². The van der Waals surface area contributed by atoms with E-state index in [4.69, 9.17) is 11.6 Å². The summed E-state index contributed by atoms with van der Waals surface area (Å²) in [6, 6.07) is 3.15. The number of sulfonamides is 1. The molecule has 112 valence electrons. The Morgan fingerprint density at radius 1 is 1.35 bits per heavy atom. The fourth-order valence-electron chi connectivity index (χ4n) is 1.43. The van der Waals surface area contributed by atoms with Gasteiger partial charge in [-0.3, -0.25) is 4.79 Å². The first kappa shape index (κ1) is 16.9. The summed E-state index contributed by atoms with van der Waals surface area (Å²) in [5.74, 6) is -0.811. The molecule has 0 aliphatic rings. The van der Waals surface area contributed by atoms with E-state index in [1.807, 2.05) is 6.92 Å². The summed E-state index contributed by atoms with van der Waals surface area (Å²) >= 11 is 5.53. The molecule has 0 bridgehead atoms. The van der Waals surface area contributed by atoms with Crippen LogP contribution in [0, 0.1) is 5.82 Å². The molecule has 0 spiro atoms. The highest BCUT2D eigenvalue weighted by Gasteiger charge is 2.15. The zero-order chi connectivity index (χ0) is 15.2. The summed E-state index contributed by atoms with van der Waals surface area (Å²) < 4.78 is 39.0. The molecule has 2 N–H and O–H groups in total. The van der Waals surface area contributed by atoms with Crippen molar-refractivity contribution in [1.29, 1.82) is 0 Å². The van der Waals surface area contributed by atoms with Gasteiger partial charge in [0.15, 0.2) is 0 Å². The van der Waals surface area contributed by atoms with E-state index >= 15 is 0 Å². The van der Waals surface area contributed by atoms with Crippen LogP contribution in [0.4, 0.5) is 4.39 Å². The lowest BCUT2D eigenvalue weighted by Crippen LogP contribution is -2.34. The number of benzene rings is 1. The minimum absolute atomic E-state index is 0.0484. The Balaban J connectivity index is 2.53. The molecule has 1 aromatic rings. The first-order valence-electron chi connectivity index (χ1n) is 6.08. The molecule has 0 fully saturated rings. The molecule has 1 aromatic carbocycles. The van der Waals surface area contributed by atoms with Gasteiger partial charge in [0.2, 0.25) is 15.9 Å². The van der Waals surface area contributed by atoms with Crippen LogP contribution in [0.2, 0.25) is 5.02 Å². The molecule has 0 saturated carbocycles. The molecule has 5 nitrogen and oxygen atoms in total. The van der Waals surface area contributed by atoms with Gasteiger partial charge in [0, 0.05) is 19.5 Å². The zero-order valence-corrected chi connectivity index (χ0v) is 12.5. The highest BCUT2D eigenvalue weighted by molar-refractivity contribution is 7.89. The molecule has 0 heterocycles. The number of nitrogens with one attached hydrogen (secondary N) is 2. The van der Waals surface area contributed by atoms with Gasteiger partial charge in [0.05, 0.1) is 9.92 Å². The van der Waals surface area contributed by atoms with Gasteiger partial charge in [-0.25, -0.2) is 17.5 Å². The SMILES string of the molecule is CCCC(=O)NCCNS(=O)(=O)c1ccc(F)c(Cl)c1. The van der Waals surface area contributed by atoms with E-state index in [1.165, 1.54) is 0 Å². The Hall–Kier alpha value is -1.18. The fraction of sp³-hybridized carbons (Fsp3) is 0.417. The van der Waals surface area contributed by atoms with Crippen LogP contribution in [0.15, 0.2) is 23.1 Å². The number of carbonyl (C=O) groups excluding carboxylic acids is 1. The Morgan fingerprint density at radius 3 is 2.65 bits per heavy atom. The van der Waals surface area contributed by atoms with E-state index in [0.717, 1.165) is 24.6 Å². The maximum absolute atomic E-state index is 13.0. The Morgan fingerprint density at radius 2 is 2.05 bits per heavy atom. The van der Waals surface area contributed by atoms with Crippen molar-refractivity contribution in [2.75, 3.05) is 13.1 Å². The number of hydrogen-bond donors (Lipinski definition) is 2. The summed E-state index contributed by atoms with van der Waals surface area (Å²) in [5, 5.41) is 2.32. The van der Waals surface area contributed by atoms with Crippen LogP contribution in [0.1, 0.15) is 19.8 Å². The lowest BCUT2D eigenvalue weighted by atomic mass is 10.3. The van der Waals surface area contributed by atoms with Crippen LogP contribution >= 0.6 is 11.6 Å². The van der Waals surface area contributed by atoms with E-state index in [0.29, 0.717) is 6.42 Å². The quantitative estimate of drug-likeness (QED) is 0.750. The van der Waals surface area contributed by atoms with Crippen LogP contribution in [-0.4, -0.2) is 27.4 Å². The number of hydrogen-bond acceptors (Lipinski definition) is 3. The predicted octanol–water partition coefficient (Wildman–Crippen LogP) is 1.67. The first-order valence-corrected chi connectivity index (χ1v) is 7.94. The molecule has 0 aromatic heterocycles. The van der Waals surface area contributed by atoms with E-state index < -0.39 is 15.8 Å². The minimum Gasteiger partial charge on any atom is -0.355 e. The number of rotatable bonds is 7. The van der Waals surface area contributed by atoms with E-state index in [-0.39, 0.29) is 28.9 Å². The third-order valence-electron chi connectivity index (χ3n) is 2.42. The molecule has 1 rings (SSSR count). The van der Waals surface area contributed by atoms with Gasteiger partial charge < -0.3 is 5.32 Å². The zero-order valence-electron chi connectivity index (χ0n) is 10.9. The van der Waals surface area contributed by atoms with Gasteiger partial charge in [-0.1, -0.05) is 18.5 Å². The molecule has 20 heavy (non-hydrogen) atoms. The fourth-order valence-corrected chi connectivity index (χ4v) is 2.73. The van der Waals surface area contributed by atoms with Crippen molar-refractivity contribution in [2.24, 2.45) is 0 Å². The van der Waals surface area contributed by atoms with Crippen molar-refractivity contribution in [1.82, 2.24) is 10.0 Å². The smallest absolute Gasteiger partial charge is 0.240 e. The molecular formula is C12H16ClFN2O3S. The van der Waals surface area contributed by atoms with Crippen molar-refractivity contribution >= 4 is 27.5 Å². The van der Waals surface area contributed by atoms with Crippen LogP contribution in [0.3, 0.4) is 0 Å². The second kappa shape index (κ2) is 7.56. The van der Waals surface area contributed by atoms with Crippen LogP contribution in [-0.2, 0) is 14.8 Å². The molecule has 0 aliphatic heterocycles. The molecule has 0 saturated heterocycles. The highest BCUT2D eigenvalue weighted by Crippen LogP contribution is 2.18. The minimum atomic E-state index is -3.76. The average Bonchev–Trinajstić information content (AvgIpc) is 2.38. The maximum Gasteiger partial charge on any atom is 0.240 e. The standard InChI is InChI=1S/C12H16ClFN2O3S/c1-2-3-12(17)15-6-7-16-20(18,19)9-4-5-11(14)10(13)8-9/h4-5,8,16H,2-3,6-7H2,1H3,(H,15,17). The van der Waals surface area contributed by atoms with Crippen LogP contribution in [0.25, 0.3) is 0 Å². The average molecular weight is 323 g/mol. The summed E-state index contributed by atoms with van der Waals surface area (Å²) in [6.07, 6.45) is 1.13. The van der Waals surface area contributed by atoms with Crippen molar-refractivity contribution in [3.8, 4) is 0 Å². The molecule has 0 unspecified atom stereocenters. The van der Waals surface area contributed by atoms with E-state index in [1.54, 1.807) is 0 Å². The van der Waals surface area contributed by atoms with Crippen LogP contribution in [0.5, 0.6) is 0 Å². The predicted molar refractivity (Wildman–Crippen MR) is 74.5 cm³/mol. The van der Waals surface area contributed by atoms with Crippen molar-refractivity contribution in [2.45, 2.75) is 24.7 Å². The van der Waals surface area contributed by atoms with Crippen molar-refractivity contribution < 1.29 is 17.6 Å². The monoisotopic (exact) mass is 322 g/mol. The van der Waals surface area contributed by atoms with Crippen molar-refractivity contribution in [3.63, 3.8) is 0 Å². The summed E-state index contributed by atoms with van der Waals surface area (Å²) in [6.45, 7) is 2.11. The molecule has 1 amide bonds. The van der Waals surface area contributed by atoms with Gasteiger partial charge in [-0.2, -0.15) is 0 Å². The first-order chi connectivity index (χ1) is 9.36. The second-order valence-corrected chi connectivity index (χ2v) is 6.25. The molecule has 0 radical (unpaired) electrons. The van der Waals surface area contributed by atoms with E-state index in [9.17, 15) is 17.6 Å². The summed E-state index contributed by atoms with van der Waals surface area (Å²) in [7, 11) is -3.76. The molecule has 8 heteroatoms. The third kappa shape index (κ3) is 5.07. The van der Waals surface area contributed by atoms with Gasteiger partial charge >= 0.3 is 0 Å². The number of amides is 1. The normalized spacial score (nSPS) is 11.3. The largest absolute Gasteiger partial charge is 0.355 e. The second-order valence-electron chi connectivity index (χ2n) is 4.07. The summed E-state index contributed by atoms with van der Waals surface area (Å²) in [4.78, 5) is 11.1. The number of halogens is 2. The van der Waals surface area contributed by atoms with Gasteiger partial charge in [0.25, 0.3) is 0 Å². The molecular weight excluding hydrogens is 307 g/mol. The topological polar surface area (TPSA) is 75.3 Å². The number of carbonyl (C=O) groups is 1. The van der Waals surface area contributed by atoms with E-state index in [2.05, 4.69) is 10.0 Å². The Bertz CT molecular complexity index is 578. The molecule has 0 aliphatic carbocycles. The Kier molecular flexibility index (Phi) is 6.38. The van der Waals surface area contributed by atoms with Gasteiger partial charge in [-0.05, 0) is 24.6 Å². The van der Waals surface area contributed by atoms with Gasteiger partial charge in [0.1, 0.15) is 5.82 Å². The van der Waals surface area contributed by atoms with Gasteiger partial charge in [-0.15, -0.1) is 0 Å². The highest BCUT2D eigenvalue weighted by atomic mass is 35.5. The lowest BCUT2D eigenvalue weighted by Gasteiger charge is -2.08. The van der Waals surface area contributed by atoms with Crippen molar-refractivity contribution in [3.05, 3.63) is 29.0 Å². The maximum atomic E-state index is 13.0. The lowest BCUT2D eigenvalue weighted by molar-refractivity contribution is -0.121. The third-order valence-corrected chi connectivity index (χ3v) is 4.17. The summed E-state index contributed by atoms with van der Waals surface area (Å²) in [5.41, 5.74) is 0. The molecule has 0 atom stereocenters.